The third-order valence-corrected chi connectivity index (χ3v) is 6.21. The number of carbonyl (C=O) groups excluding carboxylic acids is 3. The second kappa shape index (κ2) is 8.59. The summed E-state index contributed by atoms with van der Waals surface area (Å²) in [5.41, 5.74) is 0.0536. The molecule has 7 heteroatoms. The lowest BCUT2D eigenvalue weighted by Gasteiger charge is -2.48. The van der Waals surface area contributed by atoms with Crippen LogP contribution in [0.3, 0.4) is 0 Å². The second-order valence-corrected chi connectivity index (χ2v) is 8.98. The maximum absolute atomic E-state index is 12.8. The molecule has 3 aliphatic rings. The molecule has 1 spiro atoms. The zero-order valence-corrected chi connectivity index (χ0v) is 16.8. The van der Waals surface area contributed by atoms with E-state index >= 15 is 0 Å². The van der Waals surface area contributed by atoms with Crippen LogP contribution in [0.15, 0.2) is 0 Å². The average Bonchev–Trinajstić information content (AvgIpc) is 2.63. The molecule has 0 aromatic carbocycles. The van der Waals surface area contributed by atoms with Crippen LogP contribution >= 0.6 is 0 Å². The molecule has 1 atom stereocenters. The molecule has 1 unspecified atom stereocenters. The van der Waals surface area contributed by atoms with Crippen LogP contribution < -0.4 is 5.32 Å². The molecule has 0 aromatic rings. The first-order valence-electron chi connectivity index (χ1n) is 10.4. The Bertz CT molecular complexity index is 580. The van der Waals surface area contributed by atoms with Gasteiger partial charge in [0.25, 0.3) is 0 Å². The van der Waals surface area contributed by atoms with Crippen LogP contribution in [-0.2, 0) is 14.4 Å². The first-order valence-corrected chi connectivity index (χ1v) is 10.4. The predicted octanol–water partition coefficient (Wildman–Crippen LogP) is 0.696. The van der Waals surface area contributed by atoms with Gasteiger partial charge in [-0.2, -0.15) is 0 Å². The van der Waals surface area contributed by atoms with Crippen molar-refractivity contribution in [3.05, 3.63) is 0 Å². The van der Waals surface area contributed by atoms with Crippen molar-refractivity contribution < 1.29 is 14.4 Å². The van der Waals surface area contributed by atoms with Crippen molar-refractivity contribution in [1.82, 2.24) is 20.0 Å². The van der Waals surface area contributed by atoms with E-state index in [0.29, 0.717) is 32.0 Å². The van der Waals surface area contributed by atoms with Gasteiger partial charge in [0, 0.05) is 51.1 Å². The maximum atomic E-state index is 12.8. The summed E-state index contributed by atoms with van der Waals surface area (Å²) in [5.74, 6) is 0.969. The minimum atomic E-state index is -0.00393. The number of likely N-dealkylation sites (tertiary alicyclic amines) is 2. The largest absolute Gasteiger partial charge is 0.354 e. The summed E-state index contributed by atoms with van der Waals surface area (Å²) in [6, 6.07) is 0. The molecule has 0 bridgehead atoms. The van der Waals surface area contributed by atoms with Gasteiger partial charge < -0.3 is 15.1 Å². The van der Waals surface area contributed by atoms with Crippen LogP contribution in [0, 0.1) is 11.3 Å². The Labute approximate surface area is 162 Å². The summed E-state index contributed by atoms with van der Waals surface area (Å²) in [4.78, 5) is 42.7. The standard InChI is InChI=1S/C20H34N4O3/c1-16(2)5-10-24-15-20(7-4-18(24)26)6-3-9-23(14-20)19(27)13-22-11-8-21-17(25)12-22/h16H,3-15H2,1-2H3,(H,21,25). The molecule has 3 amide bonds. The van der Waals surface area contributed by atoms with Gasteiger partial charge in [-0.25, -0.2) is 0 Å². The van der Waals surface area contributed by atoms with Gasteiger partial charge in [0.2, 0.25) is 17.7 Å². The highest BCUT2D eigenvalue weighted by Crippen LogP contribution is 2.39. The van der Waals surface area contributed by atoms with E-state index in [9.17, 15) is 14.4 Å². The lowest BCUT2D eigenvalue weighted by atomic mass is 9.73. The Kier molecular flexibility index (Phi) is 6.40. The van der Waals surface area contributed by atoms with E-state index in [4.69, 9.17) is 0 Å². The van der Waals surface area contributed by atoms with E-state index in [-0.39, 0.29) is 23.1 Å². The van der Waals surface area contributed by atoms with Crippen LogP contribution in [0.1, 0.15) is 46.0 Å². The molecule has 27 heavy (non-hydrogen) atoms. The van der Waals surface area contributed by atoms with Gasteiger partial charge in [-0.15, -0.1) is 0 Å². The highest BCUT2D eigenvalue weighted by molar-refractivity contribution is 5.82. The van der Waals surface area contributed by atoms with Crippen molar-refractivity contribution in [3.63, 3.8) is 0 Å². The van der Waals surface area contributed by atoms with E-state index in [2.05, 4.69) is 19.2 Å². The topological polar surface area (TPSA) is 73.0 Å². The van der Waals surface area contributed by atoms with Crippen molar-refractivity contribution >= 4 is 17.7 Å². The highest BCUT2D eigenvalue weighted by Gasteiger charge is 2.42. The molecule has 3 saturated heterocycles. The Morgan fingerprint density at radius 3 is 2.74 bits per heavy atom. The molecule has 3 heterocycles. The summed E-state index contributed by atoms with van der Waals surface area (Å²) in [7, 11) is 0. The molecule has 0 aromatic heterocycles. The SMILES string of the molecule is CC(C)CCN1CC2(CCCN(C(=O)CN3CCNC(=O)C3)C2)CCC1=O. The minimum Gasteiger partial charge on any atom is -0.354 e. The van der Waals surface area contributed by atoms with Crippen LogP contribution in [0.25, 0.3) is 0 Å². The fraction of sp³-hybridized carbons (Fsp3) is 0.850. The Balaban J connectivity index is 1.58. The quantitative estimate of drug-likeness (QED) is 0.764. The molecule has 0 radical (unpaired) electrons. The molecule has 0 saturated carbocycles. The van der Waals surface area contributed by atoms with Crippen LogP contribution in [-0.4, -0.2) is 84.8 Å². The van der Waals surface area contributed by atoms with Crippen LogP contribution in [0.4, 0.5) is 0 Å². The van der Waals surface area contributed by atoms with E-state index in [1.807, 2.05) is 14.7 Å². The molecule has 3 fully saturated rings. The van der Waals surface area contributed by atoms with Gasteiger partial charge in [0.1, 0.15) is 0 Å². The van der Waals surface area contributed by atoms with E-state index in [1.165, 1.54) is 0 Å². The molecular weight excluding hydrogens is 344 g/mol. The molecule has 7 nitrogen and oxygen atoms in total. The van der Waals surface area contributed by atoms with E-state index in [0.717, 1.165) is 58.4 Å². The van der Waals surface area contributed by atoms with Gasteiger partial charge in [-0.05, 0) is 31.6 Å². The zero-order chi connectivity index (χ0) is 19.4. The first kappa shape index (κ1) is 20.1. The fourth-order valence-electron chi connectivity index (χ4n) is 4.59. The van der Waals surface area contributed by atoms with Gasteiger partial charge in [0.15, 0.2) is 0 Å². The summed E-state index contributed by atoms with van der Waals surface area (Å²) >= 11 is 0. The maximum Gasteiger partial charge on any atom is 0.236 e. The monoisotopic (exact) mass is 378 g/mol. The Hall–Kier alpha value is -1.63. The number of nitrogens with zero attached hydrogens (tertiary/aromatic N) is 3. The van der Waals surface area contributed by atoms with Gasteiger partial charge >= 0.3 is 0 Å². The zero-order valence-electron chi connectivity index (χ0n) is 16.8. The minimum absolute atomic E-state index is 0.00393. The summed E-state index contributed by atoms with van der Waals surface area (Å²) < 4.78 is 0. The predicted molar refractivity (Wildman–Crippen MR) is 103 cm³/mol. The highest BCUT2D eigenvalue weighted by atomic mass is 16.2. The number of hydrogen-bond donors (Lipinski definition) is 1. The molecule has 152 valence electrons. The lowest BCUT2D eigenvalue weighted by Crippen LogP contribution is -2.57. The van der Waals surface area contributed by atoms with Crippen molar-refractivity contribution in [1.29, 1.82) is 0 Å². The summed E-state index contributed by atoms with van der Waals surface area (Å²) in [6.45, 7) is 9.50. The summed E-state index contributed by atoms with van der Waals surface area (Å²) in [6.07, 6.45) is 4.61. The number of carbonyl (C=O) groups is 3. The molecular formula is C20H34N4O3. The number of amides is 3. The number of rotatable bonds is 5. The van der Waals surface area contributed by atoms with Gasteiger partial charge in [-0.3, -0.25) is 19.3 Å². The molecule has 1 N–H and O–H groups in total. The summed E-state index contributed by atoms with van der Waals surface area (Å²) in [5, 5.41) is 2.80. The fourth-order valence-corrected chi connectivity index (χ4v) is 4.59. The van der Waals surface area contributed by atoms with Crippen LogP contribution in [0.5, 0.6) is 0 Å². The number of piperazine rings is 1. The average molecular weight is 379 g/mol. The van der Waals surface area contributed by atoms with E-state index < -0.39 is 0 Å². The van der Waals surface area contributed by atoms with Crippen molar-refractivity contribution in [3.8, 4) is 0 Å². The lowest BCUT2D eigenvalue weighted by molar-refractivity contribution is -0.143. The normalized spacial score (nSPS) is 27.4. The smallest absolute Gasteiger partial charge is 0.236 e. The Morgan fingerprint density at radius 2 is 2.00 bits per heavy atom. The number of nitrogens with one attached hydrogen (secondary N) is 1. The van der Waals surface area contributed by atoms with Gasteiger partial charge in [0.05, 0.1) is 13.1 Å². The van der Waals surface area contributed by atoms with Gasteiger partial charge in [-0.1, -0.05) is 13.8 Å². The second-order valence-electron chi connectivity index (χ2n) is 8.98. The Morgan fingerprint density at radius 1 is 1.19 bits per heavy atom. The molecule has 3 aliphatic heterocycles. The third-order valence-electron chi connectivity index (χ3n) is 6.21. The van der Waals surface area contributed by atoms with Crippen molar-refractivity contribution in [2.45, 2.75) is 46.0 Å². The first-order chi connectivity index (χ1) is 12.9. The molecule has 0 aliphatic carbocycles. The van der Waals surface area contributed by atoms with Crippen LogP contribution in [0.2, 0.25) is 0 Å². The number of piperidine rings is 2. The number of hydrogen-bond acceptors (Lipinski definition) is 4. The third kappa shape index (κ3) is 5.21. The van der Waals surface area contributed by atoms with Crippen molar-refractivity contribution in [2.75, 3.05) is 52.4 Å². The molecule has 3 rings (SSSR count). The van der Waals surface area contributed by atoms with E-state index in [1.54, 1.807) is 0 Å². The van der Waals surface area contributed by atoms with Crippen molar-refractivity contribution in [2.24, 2.45) is 11.3 Å².